The molecule has 0 radical (unpaired) electrons. The lowest BCUT2D eigenvalue weighted by Crippen LogP contribution is -2.22. The second-order valence-corrected chi connectivity index (χ2v) is 5.29. The van der Waals surface area contributed by atoms with Crippen molar-refractivity contribution in [2.75, 3.05) is 6.61 Å². The van der Waals surface area contributed by atoms with Gasteiger partial charge in [-0.15, -0.1) is 0 Å². The summed E-state index contributed by atoms with van der Waals surface area (Å²) in [6, 6.07) is 8.15. The standard InChI is InChI=1S/C15H20ClN3O/c1-12(2)17-11-13-5-3-6-14(16)15(13)20-10-9-19-8-4-7-18-19/h3-8,12,17H,9-11H2,1-2H3. The Labute approximate surface area is 124 Å². The zero-order valence-corrected chi connectivity index (χ0v) is 12.6. The maximum Gasteiger partial charge on any atom is 0.142 e. The van der Waals surface area contributed by atoms with E-state index in [0.29, 0.717) is 24.2 Å². The summed E-state index contributed by atoms with van der Waals surface area (Å²) in [7, 11) is 0. The smallest absolute Gasteiger partial charge is 0.142 e. The zero-order chi connectivity index (χ0) is 14.4. The van der Waals surface area contributed by atoms with Gasteiger partial charge in [0.05, 0.1) is 11.6 Å². The summed E-state index contributed by atoms with van der Waals surface area (Å²) in [5.41, 5.74) is 1.08. The van der Waals surface area contributed by atoms with Crippen molar-refractivity contribution in [1.82, 2.24) is 15.1 Å². The van der Waals surface area contributed by atoms with Gasteiger partial charge in [0.25, 0.3) is 0 Å². The summed E-state index contributed by atoms with van der Waals surface area (Å²) in [6.45, 7) is 6.22. The van der Waals surface area contributed by atoms with Gasteiger partial charge < -0.3 is 10.1 Å². The van der Waals surface area contributed by atoms with Gasteiger partial charge in [-0.2, -0.15) is 5.10 Å². The number of halogens is 1. The third-order valence-electron chi connectivity index (χ3n) is 2.88. The lowest BCUT2D eigenvalue weighted by atomic mass is 10.2. The molecule has 0 fully saturated rings. The Hall–Kier alpha value is -1.52. The van der Waals surface area contributed by atoms with Crippen LogP contribution >= 0.6 is 11.6 Å². The van der Waals surface area contributed by atoms with Crippen molar-refractivity contribution in [2.45, 2.75) is 33.0 Å². The monoisotopic (exact) mass is 293 g/mol. The molecule has 4 nitrogen and oxygen atoms in total. The van der Waals surface area contributed by atoms with Gasteiger partial charge in [-0.25, -0.2) is 0 Å². The molecule has 0 saturated heterocycles. The van der Waals surface area contributed by atoms with Gasteiger partial charge in [-0.05, 0) is 12.1 Å². The number of hydrogen-bond acceptors (Lipinski definition) is 3. The van der Waals surface area contributed by atoms with Crippen LogP contribution in [0.3, 0.4) is 0 Å². The molecule has 0 aliphatic carbocycles. The largest absolute Gasteiger partial charge is 0.490 e. The van der Waals surface area contributed by atoms with Gasteiger partial charge in [0.15, 0.2) is 0 Å². The number of rotatable bonds is 7. The summed E-state index contributed by atoms with van der Waals surface area (Å²) >= 11 is 6.23. The van der Waals surface area contributed by atoms with Crippen molar-refractivity contribution in [1.29, 1.82) is 0 Å². The number of ether oxygens (including phenoxy) is 1. The highest BCUT2D eigenvalue weighted by molar-refractivity contribution is 6.32. The summed E-state index contributed by atoms with van der Waals surface area (Å²) in [4.78, 5) is 0. The number of para-hydroxylation sites is 1. The predicted molar refractivity (Wildman–Crippen MR) is 81.1 cm³/mol. The molecule has 20 heavy (non-hydrogen) atoms. The minimum Gasteiger partial charge on any atom is -0.490 e. The van der Waals surface area contributed by atoms with Crippen LogP contribution in [0.2, 0.25) is 5.02 Å². The van der Waals surface area contributed by atoms with Crippen LogP contribution in [-0.4, -0.2) is 22.4 Å². The Morgan fingerprint density at radius 1 is 1.35 bits per heavy atom. The number of nitrogens with one attached hydrogen (secondary N) is 1. The van der Waals surface area contributed by atoms with Crippen molar-refractivity contribution >= 4 is 11.6 Å². The molecule has 0 aliphatic rings. The number of aromatic nitrogens is 2. The van der Waals surface area contributed by atoms with E-state index in [1.165, 1.54) is 0 Å². The third kappa shape index (κ3) is 4.25. The SMILES string of the molecule is CC(C)NCc1cccc(Cl)c1OCCn1cccn1. The van der Waals surface area contributed by atoms with Crippen molar-refractivity contribution in [3.05, 3.63) is 47.2 Å². The van der Waals surface area contributed by atoms with Gasteiger partial charge in [0.2, 0.25) is 0 Å². The molecular formula is C15H20ClN3O. The molecular weight excluding hydrogens is 274 g/mol. The summed E-state index contributed by atoms with van der Waals surface area (Å²) in [5.74, 6) is 0.759. The molecule has 0 amide bonds. The molecule has 1 aromatic carbocycles. The van der Waals surface area contributed by atoms with Crippen molar-refractivity contribution in [2.24, 2.45) is 0 Å². The van der Waals surface area contributed by atoms with Crippen LogP contribution in [0.25, 0.3) is 0 Å². The zero-order valence-electron chi connectivity index (χ0n) is 11.8. The highest BCUT2D eigenvalue weighted by atomic mass is 35.5. The molecule has 2 aromatic rings. The van der Waals surface area contributed by atoms with E-state index in [0.717, 1.165) is 17.9 Å². The molecule has 5 heteroatoms. The van der Waals surface area contributed by atoms with Crippen LogP contribution in [0.1, 0.15) is 19.4 Å². The molecule has 1 N–H and O–H groups in total. The van der Waals surface area contributed by atoms with Crippen LogP contribution in [0.4, 0.5) is 0 Å². The molecule has 0 aliphatic heterocycles. The van der Waals surface area contributed by atoms with Gasteiger partial charge in [-0.3, -0.25) is 4.68 Å². The minimum absolute atomic E-state index is 0.422. The molecule has 0 saturated carbocycles. The fourth-order valence-electron chi connectivity index (χ4n) is 1.84. The Kier molecular flexibility index (Phi) is 5.44. The number of benzene rings is 1. The van der Waals surface area contributed by atoms with E-state index in [2.05, 4.69) is 24.3 Å². The quantitative estimate of drug-likeness (QED) is 0.852. The molecule has 1 heterocycles. The molecule has 2 rings (SSSR count). The first-order valence-electron chi connectivity index (χ1n) is 6.78. The third-order valence-corrected chi connectivity index (χ3v) is 3.17. The van der Waals surface area contributed by atoms with Gasteiger partial charge >= 0.3 is 0 Å². The van der Waals surface area contributed by atoms with Crippen LogP contribution in [0.5, 0.6) is 5.75 Å². The Morgan fingerprint density at radius 3 is 2.90 bits per heavy atom. The Bertz CT molecular complexity index is 526. The first-order valence-corrected chi connectivity index (χ1v) is 7.15. The minimum atomic E-state index is 0.422. The predicted octanol–water partition coefficient (Wildman–Crippen LogP) is 3.11. The summed E-state index contributed by atoms with van der Waals surface area (Å²) in [6.07, 6.45) is 3.67. The van der Waals surface area contributed by atoms with E-state index < -0.39 is 0 Å². The van der Waals surface area contributed by atoms with E-state index in [1.807, 2.05) is 35.1 Å². The van der Waals surface area contributed by atoms with Crippen LogP contribution in [0.15, 0.2) is 36.7 Å². The fraction of sp³-hybridized carbons (Fsp3) is 0.400. The lowest BCUT2D eigenvalue weighted by molar-refractivity contribution is 0.288. The van der Waals surface area contributed by atoms with E-state index in [4.69, 9.17) is 16.3 Å². The Balaban J connectivity index is 1.97. The van der Waals surface area contributed by atoms with Gasteiger partial charge in [-0.1, -0.05) is 37.6 Å². The van der Waals surface area contributed by atoms with Gasteiger partial charge in [0.1, 0.15) is 12.4 Å². The second-order valence-electron chi connectivity index (χ2n) is 4.88. The van der Waals surface area contributed by atoms with E-state index in [9.17, 15) is 0 Å². The number of hydrogen-bond donors (Lipinski definition) is 1. The molecule has 108 valence electrons. The van der Waals surface area contributed by atoms with E-state index in [1.54, 1.807) is 6.20 Å². The van der Waals surface area contributed by atoms with E-state index >= 15 is 0 Å². The summed E-state index contributed by atoms with van der Waals surface area (Å²) in [5, 5.41) is 8.17. The maximum atomic E-state index is 6.23. The normalized spacial score (nSPS) is 11.0. The topological polar surface area (TPSA) is 39.1 Å². The molecule has 0 bridgehead atoms. The maximum absolute atomic E-state index is 6.23. The van der Waals surface area contributed by atoms with Crippen LogP contribution in [-0.2, 0) is 13.1 Å². The van der Waals surface area contributed by atoms with Crippen LogP contribution in [0, 0.1) is 0 Å². The Morgan fingerprint density at radius 2 is 2.20 bits per heavy atom. The highest BCUT2D eigenvalue weighted by Gasteiger charge is 2.09. The molecule has 1 aromatic heterocycles. The van der Waals surface area contributed by atoms with Crippen molar-refractivity contribution in [3.8, 4) is 5.75 Å². The van der Waals surface area contributed by atoms with Crippen molar-refractivity contribution in [3.63, 3.8) is 0 Å². The van der Waals surface area contributed by atoms with E-state index in [-0.39, 0.29) is 0 Å². The summed E-state index contributed by atoms with van der Waals surface area (Å²) < 4.78 is 7.68. The fourth-order valence-corrected chi connectivity index (χ4v) is 2.09. The van der Waals surface area contributed by atoms with Gasteiger partial charge in [0, 0.05) is 30.5 Å². The van der Waals surface area contributed by atoms with Crippen LogP contribution < -0.4 is 10.1 Å². The molecule has 0 atom stereocenters. The molecule has 0 unspecified atom stereocenters. The number of nitrogens with zero attached hydrogens (tertiary/aromatic N) is 2. The van der Waals surface area contributed by atoms with Crippen molar-refractivity contribution < 1.29 is 4.74 Å². The average molecular weight is 294 g/mol. The molecule has 0 spiro atoms. The average Bonchev–Trinajstić information content (AvgIpc) is 2.92. The first-order chi connectivity index (χ1) is 9.66. The lowest BCUT2D eigenvalue weighted by Gasteiger charge is -2.15. The highest BCUT2D eigenvalue weighted by Crippen LogP contribution is 2.28. The first kappa shape index (κ1) is 14.9. The second kappa shape index (κ2) is 7.31.